The van der Waals surface area contributed by atoms with Crippen LogP contribution < -0.4 is 5.32 Å². The fourth-order valence-electron chi connectivity index (χ4n) is 1.28. The van der Waals surface area contributed by atoms with E-state index in [1.165, 1.54) is 19.4 Å². The lowest BCUT2D eigenvalue weighted by Crippen LogP contribution is -2.33. The Morgan fingerprint density at radius 3 is 2.10 bits per heavy atom. The molecule has 60 valence electrons. The molecule has 0 saturated carbocycles. The van der Waals surface area contributed by atoms with Gasteiger partial charge in [-0.15, -0.1) is 0 Å². The maximum atomic E-state index is 3.46. The van der Waals surface area contributed by atoms with E-state index in [0.29, 0.717) is 0 Å². The Morgan fingerprint density at radius 2 is 1.90 bits per heavy atom. The smallest absolute Gasteiger partial charge is 0.154 e. The van der Waals surface area contributed by atoms with Gasteiger partial charge in [-0.2, -0.15) is 0 Å². The summed E-state index contributed by atoms with van der Waals surface area (Å²) in [5, 5.41) is 3.46. The van der Waals surface area contributed by atoms with Crippen molar-refractivity contribution in [3.8, 4) is 0 Å². The van der Waals surface area contributed by atoms with Gasteiger partial charge in [-0.3, -0.25) is 0 Å². The molecule has 0 amide bonds. The Labute approximate surface area is 65.7 Å². The molecular formula is C8H20BN. The molecule has 1 heterocycles. The Hall–Kier alpha value is 0.0249. The van der Waals surface area contributed by atoms with E-state index in [1.54, 1.807) is 0 Å². The predicted octanol–water partition coefficient (Wildman–Crippen LogP) is 2.06. The fourth-order valence-corrected chi connectivity index (χ4v) is 1.28. The van der Waals surface area contributed by atoms with E-state index in [2.05, 4.69) is 19.0 Å². The molecule has 1 saturated heterocycles. The van der Waals surface area contributed by atoms with Crippen LogP contribution in [-0.2, 0) is 0 Å². The maximum absolute atomic E-state index is 3.46. The molecule has 1 rings (SSSR count). The largest absolute Gasteiger partial charge is 0.321 e. The molecule has 1 nitrogen and oxygen atoms in total. The fraction of sp³-hybridized carbons (Fsp3) is 1.00. The third kappa shape index (κ3) is 3.26. The molecule has 2 heteroatoms. The molecule has 1 aliphatic heterocycles. The van der Waals surface area contributed by atoms with Crippen molar-refractivity contribution in [2.75, 3.05) is 6.54 Å². The third-order valence-corrected chi connectivity index (χ3v) is 1.90. The zero-order chi connectivity index (χ0) is 7.98. The quantitative estimate of drug-likeness (QED) is 0.551. The van der Waals surface area contributed by atoms with E-state index in [-0.39, 0.29) is 0 Å². The van der Waals surface area contributed by atoms with E-state index < -0.39 is 0 Å². The van der Waals surface area contributed by atoms with Crippen LogP contribution in [0.4, 0.5) is 0 Å². The van der Waals surface area contributed by atoms with Crippen molar-refractivity contribution in [3.63, 3.8) is 0 Å². The normalized spacial score (nSPS) is 23.4. The molecule has 0 aromatic rings. The molecule has 0 bridgehead atoms. The SMILES string of the molecule is CB(C)C1CCCN1.CC. The van der Waals surface area contributed by atoms with Gasteiger partial charge in [0.25, 0.3) is 0 Å². The summed E-state index contributed by atoms with van der Waals surface area (Å²) in [6.45, 7) is 10.6. The van der Waals surface area contributed by atoms with Crippen LogP contribution in [0.2, 0.25) is 13.6 Å². The van der Waals surface area contributed by atoms with E-state index >= 15 is 0 Å². The minimum absolute atomic E-state index is 0.815. The van der Waals surface area contributed by atoms with E-state index in [0.717, 1.165) is 12.7 Å². The second-order valence-corrected chi connectivity index (χ2v) is 2.95. The minimum atomic E-state index is 0.815. The molecule has 1 atom stereocenters. The highest BCUT2D eigenvalue weighted by atomic mass is 14.9. The third-order valence-electron chi connectivity index (χ3n) is 1.90. The molecule has 1 fully saturated rings. The second kappa shape index (κ2) is 5.78. The zero-order valence-corrected chi connectivity index (χ0v) is 7.78. The van der Waals surface area contributed by atoms with Crippen LogP contribution in [0.25, 0.3) is 0 Å². The van der Waals surface area contributed by atoms with Gasteiger partial charge in [0, 0.05) is 0 Å². The van der Waals surface area contributed by atoms with Crippen molar-refractivity contribution in [1.82, 2.24) is 5.32 Å². The van der Waals surface area contributed by atoms with Gasteiger partial charge in [-0.1, -0.05) is 27.5 Å². The first kappa shape index (κ1) is 10.0. The van der Waals surface area contributed by atoms with Crippen LogP contribution in [0.5, 0.6) is 0 Å². The lowest BCUT2D eigenvalue weighted by atomic mass is 9.48. The maximum Gasteiger partial charge on any atom is 0.154 e. The number of rotatable bonds is 1. The Kier molecular flexibility index (Phi) is 5.80. The first-order chi connectivity index (χ1) is 4.80. The molecule has 1 unspecified atom stereocenters. The topological polar surface area (TPSA) is 12.0 Å². The van der Waals surface area contributed by atoms with Crippen LogP contribution in [0, 0.1) is 0 Å². The van der Waals surface area contributed by atoms with Crippen LogP contribution >= 0.6 is 0 Å². The highest BCUT2D eigenvalue weighted by Gasteiger charge is 2.18. The molecule has 1 aliphatic rings. The molecule has 0 radical (unpaired) electrons. The average molecular weight is 141 g/mol. The van der Waals surface area contributed by atoms with Gasteiger partial charge in [-0.25, -0.2) is 0 Å². The first-order valence-electron chi connectivity index (χ1n) is 4.54. The summed E-state index contributed by atoms with van der Waals surface area (Å²) in [5.74, 6) is 0.815. The van der Waals surface area contributed by atoms with Crippen molar-refractivity contribution in [2.24, 2.45) is 0 Å². The summed E-state index contributed by atoms with van der Waals surface area (Å²) in [6.07, 6.45) is 2.76. The Morgan fingerprint density at radius 1 is 1.30 bits per heavy atom. The van der Waals surface area contributed by atoms with Crippen molar-refractivity contribution in [2.45, 2.75) is 46.3 Å². The highest BCUT2D eigenvalue weighted by molar-refractivity contribution is 6.57. The lowest BCUT2D eigenvalue weighted by molar-refractivity contribution is 0.777. The highest BCUT2D eigenvalue weighted by Crippen LogP contribution is 2.07. The van der Waals surface area contributed by atoms with Gasteiger partial charge in [0.15, 0.2) is 6.71 Å². The van der Waals surface area contributed by atoms with Crippen molar-refractivity contribution in [1.29, 1.82) is 0 Å². The van der Waals surface area contributed by atoms with Crippen LogP contribution in [-0.4, -0.2) is 19.2 Å². The van der Waals surface area contributed by atoms with Gasteiger partial charge in [0.2, 0.25) is 0 Å². The van der Waals surface area contributed by atoms with Crippen LogP contribution in [0.15, 0.2) is 0 Å². The molecule has 0 spiro atoms. The molecule has 0 aromatic heterocycles. The minimum Gasteiger partial charge on any atom is -0.321 e. The number of nitrogens with one attached hydrogen (secondary N) is 1. The zero-order valence-electron chi connectivity index (χ0n) is 7.78. The number of hydrogen-bond acceptors (Lipinski definition) is 1. The van der Waals surface area contributed by atoms with Gasteiger partial charge in [0.05, 0.1) is 0 Å². The first-order valence-corrected chi connectivity index (χ1v) is 4.54. The van der Waals surface area contributed by atoms with E-state index in [1.807, 2.05) is 13.8 Å². The van der Waals surface area contributed by atoms with E-state index in [4.69, 9.17) is 0 Å². The summed E-state index contributed by atoms with van der Waals surface area (Å²) in [4.78, 5) is 0. The Balaban J connectivity index is 0.000000371. The average Bonchev–Trinajstić information content (AvgIpc) is 2.42. The summed E-state index contributed by atoms with van der Waals surface area (Å²) < 4.78 is 0. The lowest BCUT2D eigenvalue weighted by Gasteiger charge is -2.09. The van der Waals surface area contributed by atoms with Gasteiger partial charge in [0.1, 0.15) is 0 Å². The van der Waals surface area contributed by atoms with Crippen LogP contribution in [0.1, 0.15) is 26.7 Å². The number of hydrogen-bond donors (Lipinski definition) is 1. The molecule has 1 N–H and O–H groups in total. The summed E-state index contributed by atoms with van der Waals surface area (Å²) >= 11 is 0. The van der Waals surface area contributed by atoms with Crippen molar-refractivity contribution in [3.05, 3.63) is 0 Å². The molecule has 0 aliphatic carbocycles. The summed E-state index contributed by atoms with van der Waals surface area (Å²) in [5.41, 5.74) is 0. The summed E-state index contributed by atoms with van der Waals surface area (Å²) in [7, 11) is 0. The van der Waals surface area contributed by atoms with Crippen molar-refractivity contribution >= 4 is 6.71 Å². The standard InChI is InChI=1S/C6H14BN.C2H6/c1-7(2)6-4-3-5-8-6;1-2/h6,8H,3-5H2,1-2H3;1-2H3. The van der Waals surface area contributed by atoms with E-state index in [9.17, 15) is 0 Å². The molecule has 10 heavy (non-hydrogen) atoms. The van der Waals surface area contributed by atoms with Crippen LogP contribution in [0.3, 0.4) is 0 Å². The molecular weight excluding hydrogens is 121 g/mol. The monoisotopic (exact) mass is 141 g/mol. The van der Waals surface area contributed by atoms with Gasteiger partial charge < -0.3 is 5.32 Å². The predicted molar refractivity (Wildman–Crippen MR) is 49.9 cm³/mol. The Bertz CT molecular complexity index is 67.7. The van der Waals surface area contributed by atoms with Crippen molar-refractivity contribution < 1.29 is 0 Å². The van der Waals surface area contributed by atoms with Gasteiger partial charge in [-0.05, 0) is 25.3 Å². The van der Waals surface area contributed by atoms with Gasteiger partial charge >= 0.3 is 0 Å². The second-order valence-electron chi connectivity index (χ2n) is 2.95. The summed E-state index contributed by atoms with van der Waals surface area (Å²) in [6, 6.07) is 0. The molecule has 0 aromatic carbocycles.